The van der Waals surface area contributed by atoms with Crippen LogP contribution in [-0.4, -0.2) is 45.1 Å². The summed E-state index contributed by atoms with van der Waals surface area (Å²) in [6.45, 7) is 2.73. The topological polar surface area (TPSA) is 113 Å². The summed E-state index contributed by atoms with van der Waals surface area (Å²) in [6.07, 6.45) is 6.10. The minimum absolute atomic E-state index is 0.156. The highest BCUT2D eigenvalue weighted by Crippen LogP contribution is 2.17. The number of rotatable bonds is 7. The molecule has 0 aliphatic carbocycles. The maximum absolute atomic E-state index is 11.9. The van der Waals surface area contributed by atoms with Gasteiger partial charge >= 0.3 is 5.69 Å². The van der Waals surface area contributed by atoms with Crippen LogP contribution in [0.1, 0.15) is 25.0 Å². The van der Waals surface area contributed by atoms with E-state index in [-0.39, 0.29) is 18.9 Å². The van der Waals surface area contributed by atoms with Crippen molar-refractivity contribution in [3.63, 3.8) is 0 Å². The second-order valence-corrected chi connectivity index (χ2v) is 6.22. The number of aryl methyl sites for hydroxylation is 1. The van der Waals surface area contributed by atoms with Gasteiger partial charge < -0.3 is 14.8 Å². The number of hydrogen-bond acceptors (Lipinski definition) is 6. The van der Waals surface area contributed by atoms with E-state index in [2.05, 4.69) is 25.2 Å². The number of carbonyl (C=O) groups is 1. The van der Waals surface area contributed by atoms with Crippen molar-refractivity contribution < 1.29 is 4.79 Å². The van der Waals surface area contributed by atoms with Gasteiger partial charge in [0.2, 0.25) is 5.91 Å². The molecule has 0 atom stereocenters. The Labute approximate surface area is 150 Å². The Balaban J connectivity index is 1.44. The van der Waals surface area contributed by atoms with Crippen LogP contribution in [0.3, 0.4) is 0 Å². The lowest BCUT2D eigenvalue weighted by molar-refractivity contribution is -0.121. The van der Waals surface area contributed by atoms with Crippen LogP contribution in [0.5, 0.6) is 0 Å². The van der Waals surface area contributed by atoms with Crippen molar-refractivity contribution in [3.05, 3.63) is 51.2 Å². The van der Waals surface area contributed by atoms with E-state index in [0.29, 0.717) is 13.0 Å². The molecule has 0 unspecified atom stereocenters. The zero-order valence-corrected chi connectivity index (χ0v) is 14.5. The molecule has 2 N–H and O–H groups in total. The predicted octanol–water partition coefficient (Wildman–Crippen LogP) is -0.324. The molecule has 0 spiro atoms. The summed E-state index contributed by atoms with van der Waals surface area (Å²) in [6, 6.07) is 3.23. The Hall–Kier alpha value is -2.97. The van der Waals surface area contributed by atoms with Crippen LogP contribution >= 0.6 is 0 Å². The van der Waals surface area contributed by atoms with Crippen molar-refractivity contribution in [2.45, 2.75) is 32.2 Å². The first-order valence-electron chi connectivity index (χ1n) is 8.74. The Morgan fingerprint density at radius 2 is 2.04 bits per heavy atom. The lowest BCUT2D eigenvalue weighted by Crippen LogP contribution is -2.32. The highest BCUT2D eigenvalue weighted by molar-refractivity contribution is 5.75. The monoisotopic (exact) mass is 358 g/mol. The number of aromatic amines is 1. The Morgan fingerprint density at radius 1 is 1.23 bits per heavy atom. The molecule has 0 aromatic carbocycles. The van der Waals surface area contributed by atoms with E-state index >= 15 is 0 Å². The smallest absolute Gasteiger partial charge is 0.328 e. The third kappa shape index (κ3) is 4.78. The van der Waals surface area contributed by atoms with Gasteiger partial charge in [0, 0.05) is 63.0 Å². The highest BCUT2D eigenvalue weighted by atomic mass is 16.2. The van der Waals surface area contributed by atoms with Crippen molar-refractivity contribution in [2.75, 3.05) is 24.5 Å². The number of nitrogens with zero attached hydrogens (tertiary/aromatic N) is 4. The maximum atomic E-state index is 11.9. The molecule has 1 amide bonds. The molecule has 9 nitrogen and oxygen atoms in total. The molecule has 2 aromatic rings. The average molecular weight is 358 g/mol. The fourth-order valence-electron chi connectivity index (χ4n) is 2.90. The SMILES string of the molecule is O=C(CCn1ccc(=O)[nH]c1=O)NCCc1cc(N2CCCC2)ncn1. The van der Waals surface area contributed by atoms with Gasteiger partial charge in [-0.25, -0.2) is 14.8 Å². The molecular formula is C17H22N6O3. The summed E-state index contributed by atoms with van der Waals surface area (Å²) in [4.78, 5) is 47.4. The Kier molecular flexibility index (Phi) is 5.77. The molecule has 1 aliphatic heterocycles. The van der Waals surface area contributed by atoms with Crippen molar-refractivity contribution in [1.82, 2.24) is 24.8 Å². The van der Waals surface area contributed by atoms with Crippen LogP contribution in [-0.2, 0) is 17.8 Å². The number of carbonyl (C=O) groups excluding carboxylic acids is 1. The van der Waals surface area contributed by atoms with Crippen molar-refractivity contribution in [1.29, 1.82) is 0 Å². The minimum Gasteiger partial charge on any atom is -0.357 e. The quantitative estimate of drug-likeness (QED) is 0.701. The summed E-state index contributed by atoms with van der Waals surface area (Å²) in [5.74, 6) is 0.785. The average Bonchev–Trinajstić information content (AvgIpc) is 3.16. The third-order valence-corrected chi connectivity index (χ3v) is 4.32. The van der Waals surface area contributed by atoms with E-state index in [0.717, 1.165) is 24.6 Å². The molecule has 0 radical (unpaired) electrons. The van der Waals surface area contributed by atoms with Gasteiger partial charge in [0.05, 0.1) is 0 Å². The Bertz CT molecular complexity index is 869. The normalized spacial score (nSPS) is 13.8. The molecule has 9 heteroatoms. The third-order valence-electron chi connectivity index (χ3n) is 4.32. The number of H-pyrrole nitrogens is 1. The number of anilines is 1. The molecule has 0 bridgehead atoms. The van der Waals surface area contributed by atoms with Gasteiger partial charge in [0.25, 0.3) is 5.56 Å². The summed E-state index contributed by atoms with van der Waals surface area (Å²) < 4.78 is 1.30. The first-order chi connectivity index (χ1) is 12.6. The molecular weight excluding hydrogens is 336 g/mol. The van der Waals surface area contributed by atoms with E-state index in [1.165, 1.54) is 29.7 Å². The van der Waals surface area contributed by atoms with Crippen LogP contribution < -0.4 is 21.5 Å². The van der Waals surface area contributed by atoms with Crippen molar-refractivity contribution >= 4 is 11.7 Å². The Morgan fingerprint density at radius 3 is 2.81 bits per heavy atom. The molecule has 0 saturated carbocycles. The summed E-state index contributed by atoms with van der Waals surface area (Å²) in [7, 11) is 0. The molecule has 1 fully saturated rings. The molecule has 1 aliphatic rings. The van der Waals surface area contributed by atoms with Crippen LogP contribution in [0.15, 0.2) is 34.2 Å². The summed E-state index contributed by atoms with van der Waals surface area (Å²) >= 11 is 0. The molecule has 26 heavy (non-hydrogen) atoms. The van der Waals surface area contributed by atoms with Crippen LogP contribution in [0.25, 0.3) is 0 Å². The molecule has 2 aromatic heterocycles. The van der Waals surface area contributed by atoms with E-state index in [9.17, 15) is 14.4 Å². The number of amides is 1. The van der Waals surface area contributed by atoms with Crippen LogP contribution in [0.2, 0.25) is 0 Å². The van der Waals surface area contributed by atoms with Gasteiger partial charge in [0.1, 0.15) is 12.1 Å². The van der Waals surface area contributed by atoms with E-state index in [1.807, 2.05) is 6.07 Å². The zero-order chi connectivity index (χ0) is 18.4. The van der Waals surface area contributed by atoms with Gasteiger partial charge in [-0.3, -0.25) is 14.6 Å². The number of aromatic nitrogens is 4. The lowest BCUT2D eigenvalue weighted by Gasteiger charge is -2.16. The van der Waals surface area contributed by atoms with Crippen molar-refractivity contribution in [3.8, 4) is 0 Å². The molecule has 138 valence electrons. The van der Waals surface area contributed by atoms with Crippen LogP contribution in [0, 0.1) is 0 Å². The van der Waals surface area contributed by atoms with E-state index < -0.39 is 11.2 Å². The lowest BCUT2D eigenvalue weighted by atomic mass is 10.2. The van der Waals surface area contributed by atoms with Gasteiger partial charge in [-0.15, -0.1) is 0 Å². The van der Waals surface area contributed by atoms with Gasteiger partial charge in [-0.1, -0.05) is 0 Å². The molecule has 1 saturated heterocycles. The van der Waals surface area contributed by atoms with Crippen molar-refractivity contribution in [2.24, 2.45) is 0 Å². The second kappa shape index (κ2) is 8.41. The molecule has 3 rings (SSSR count). The minimum atomic E-state index is -0.513. The fourth-order valence-corrected chi connectivity index (χ4v) is 2.90. The standard InChI is InChI=1S/C17H22N6O3/c24-15(4-9-23-10-5-16(25)21-17(23)26)18-6-3-13-11-14(20-12-19-13)22-7-1-2-8-22/h5,10-12H,1-4,6-9H2,(H,18,24)(H,21,25,26). The molecule has 3 heterocycles. The first-order valence-corrected chi connectivity index (χ1v) is 8.74. The van der Waals surface area contributed by atoms with Gasteiger partial charge in [0.15, 0.2) is 0 Å². The maximum Gasteiger partial charge on any atom is 0.328 e. The van der Waals surface area contributed by atoms with E-state index in [4.69, 9.17) is 0 Å². The predicted molar refractivity (Wildman–Crippen MR) is 96.1 cm³/mol. The summed E-state index contributed by atoms with van der Waals surface area (Å²) in [5, 5.41) is 2.82. The zero-order valence-electron chi connectivity index (χ0n) is 14.5. The van der Waals surface area contributed by atoms with Gasteiger partial charge in [-0.05, 0) is 12.8 Å². The summed E-state index contributed by atoms with van der Waals surface area (Å²) in [5.41, 5.74) is -0.0753. The number of nitrogens with one attached hydrogen (secondary N) is 2. The largest absolute Gasteiger partial charge is 0.357 e. The van der Waals surface area contributed by atoms with E-state index in [1.54, 1.807) is 6.33 Å². The van der Waals surface area contributed by atoms with Crippen LogP contribution in [0.4, 0.5) is 5.82 Å². The second-order valence-electron chi connectivity index (χ2n) is 6.22. The fraction of sp³-hybridized carbons (Fsp3) is 0.471. The first kappa shape index (κ1) is 17.8. The number of hydrogen-bond donors (Lipinski definition) is 2. The highest BCUT2D eigenvalue weighted by Gasteiger charge is 2.14. The van der Waals surface area contributed by atoms with Gasteiger partial charge in [-0.2, -0.15) is 0 Å².